The average Bonchev–Trinajstić information content (AvgIpc) is 2.42. The Labute approximate surface area is 123 Å². The molecule has 1 aliphatic heterocycles. The molecule has 0 spiro atoms. The Kier molecular flexibility index (Phi) is 3.92. The van der Waals surface area contributed by atoms with Gasteiger partial charge in [0.25, 0.3) is 0 Å². The van der Waals surface area contributed by atoms with Gasteiger partial charge in [0.15, 0.2) is 0 Å². The van der Waals surface area contributed by atoms with Crippen molar-refractivity contribution in [2.75, 3.05) is 11.9 Å². The second kappa shape index (κ2) is 5.85. The summed E-state index contributed by atoms with van der Waals surface area (Å²) in [5, 5.41) is 14.6. The van der Waals surface area contributed by atoms with E-state index in [1.807, 2.05) is 12.1 Å². The van der Waals surface area contributed by atoms with E-state index < -0.39 is 0 Å². The first kappa shape index (κ1) is 14.1. The number of rotatable bonds is 4. The monoisotopic (exact) mass is 288 g/mol. The van der Waals surface area contributed by atoms with E-state index in [4.69, 9.17) is 5.11 Å². The SMILES string of the molecule is O=C1CCC(Nc2ccc([C@H]3C[C@H](CO)C3)cc2)C(=O)N1. The Morgan fingerprint density at radius 3 is 2.52 bits per heavy atom. The minimum Gasteiger partial charge on any atom is -0.396 e. The Balaban J connectivity index is 1.57. The topological polar surface area (TPSA) is 78.4 Å². The largest absolute Gasteiger partial charge is 0.396 e. The number of imide groups is 1. The Hall–Kier alpha value is -1.88. The van der Waals surface area contributed by atoms with Crippen LogP contribution in [-0.2, 0) is 9.59 Å². The van der Waals surface area contributed by atoms with Crippen molar-refractivity contribution < 1.29 is 14.7 Å². The van der Waals surface area contributed by atoms with Crippen LogP contribution in [0.3, 0.4) is 0 Å². The summed E-state index contributed by atoms with van der Waals surface area (Å²) >= 11 is 0. The lowest BCUT2D eigenvalue weighted by Gasteiger charge is -2.34. The standard InChI is InChI=1S/C16H20N2O3/c19-9-10-7-12(8-10)11-1-3-13(4-2-11)17-14-5-6-15(20)18-16(14)21/h1-4,10,12,14,17,19H,5-9H2,(H,18,20,21)/t10-,12-,14?. The minimum absolute atomic E-state index is 0.197. The number of aliphatic hydroxyl groups is 1. The summed E-state index contributed by atoms with van der Waals surface area (Å²) in [7, 11) is 0. The van der Waals surface area contributed by atoms with Crippen molar-refractivity contribution >= 4 is 17.5 Å². The second-order valence-electron chi connectivity index (χ2n) is 5.99. The molecule has 1 saturated carbocycles. The van der Waals surface area contributed by atoms with Crippen molar-refractivity contribution in [2.45, 2.75) is 37.6 Å². The highest BCUT2D eigenvalue weighted by molar-refractivity contribution is 6.01. The minimum atomic E-state index is -0.337. The van der Waals surface area contributed by atoms with Crippen molar-refractivity contribution in [2.24, 2.45) is 5.92 Å². The fourth-order valence-electron chi connectivity index (χ4n) is 3.04. The molecule has 2 aliphatic rings. The fourth-order valence-corrected chi connectivity index (χ4v) is 3.04. The first-order valence-corrected chi connectivity index (χ1v) is 7.46. The van der Waals surface area contributed by atoms with Crippen LogP contribution < -0.4 is 10.6 Å². The van der Waals surface area contributed by atoms with Crippen molar-refractivity contribution in [3.05, 3.63) is 29.8 Å². The number of amides is 2. The van der Waals surface area contributed by atoms with E-state index in [0.717, 1.165) is 18.5 Å². The Morgan fingerprint density at radius 1 is 1.19 bits per heavy atom. The highest BCUT2D eigenvalue weighted by Crippen LogP contribution is 2.41. The van der Waals surface area contributed by atoms with Gasteiger partial charge in [-0.3, -0.25) is 14.9 Å². The fraction of sp³-hybridized carbons (Fsp3) is 0.500. The maximum atomic E-state index is 11.7. The number of aliphatic hydroxyl groups excluding tert-OH is 1. The molecule has 3 N–H and O–H groups in total. The van der Waals surface area contributed by atoms with E-state index in [1.54, 1.807) is 0 Å². The number of hydrogen-bond donors (Lipinski definition) is 3. The van der Waals surface area contributed by atoms with E-state index >= 15 is 0 Å². The third-order valence-corrected chi connectivity index (χ3v) is 4.46. The van der Waals surface area contributed by atoms with Gasteiger partial charge >= 0.3 is 0 Å². The molecule has 1 atom stereocenters. The average molecular weight is 288 g/mol. The van der Waals surface area contributed by atoms with Gasteiger partial charge in [0.05, 0.1) is 0 Å². The van der Waals surface area contributed by atoms with E-state index in [0.29, 0.717) is 24.7 Å². The number of anilines is 1. The van der Waals surface area contributed by atoms with Gasteiger partial charge in [0.1, 0.15) is 6.04 Å². The lowest BCUT2D eigenvalue weighted by atomic mass is 9.72. The summed E-state index contributed by atoms with van der Waals surface area (Å²) in [6.07, 6.45) is 3.02. The molecule has 0 aromatic heterocycles. The molecule has 0 radical (unpaired) electrons. The zero-order valence-corrected chi connectivity index (χ0v) is 11.8. The molecule has 2 fully saturated rings. The Morgan fingerprint density at radius 2 is 1.90 bits per heavy atom. The third kappa shape index (κ3) is 3.08. The van der Waals surface area contributed by atoms with Crippen LogP contribution in [0.2, 0.25) is 0 Å². The molecule has 1 aliphatic carbocycles. The smallest absolute Gasteiger partial charge is 0.249 e. The molecule has 2 amide bonds. The number of hydrogen-bond acceptors (Lipinski definition) is 4. The molecule has 0 bridgehead atoms. The summed E-state index contributed by atoms with van der Waals surface area (Å²) in [6, 6.07) is 7.77. The molecule has 5 heteroatoms. The van der Waals surface area contributed by atoms with E-state index in [-0.39, 0.29) is 24.5 Å². The van der Waals surface area contributed by atoms with Gasteiger partial charge in [-0.05, 0) is 48.8 Å². The van der Waals surface area contributed by atoms with E-state index in [1.165, 1.54) is 5.56 Å². The predicted octanol–water partition coefficient (Wildman–Crippen LogP) is 1.39. The number of nitrogens with one attached hydrogen (secondary N) is 2. The number of carbonyl (C=O) groups excluding carboxylic acids is 2. The van der Waals surface area contributed by atoms with Gasteiger partial charge in [0, 0.05) is 18.7 Å². The summed E-state index contributed by atoms with van der Waals surface area (Å²) < 4.78 is 0. The highest BCUT2D eigenvalue weighted by Gasteiger charge is 2.30. The lowest BCUT2D eigenvalue weighted by molar-refractivity contribution is -0.133. The van der Waals surface area contributed by atoms with Crippen LogP contribution in [0.25, 0.3) is 0 Å². The van der Waals surface area contributed by atoms with Crippen molar-refractivity contribution in [3.8, 4) is 0 Å². The summed E-state index contributed by atoms with van der Waals surface area (Å²) in [5.74, 6) is 0.556. The molecule has 1 saturated heterocycles. The molecule has 1 aromatic rings. The van der Waals surface area contributed by atoms with E-state index in [2.05, 4.69) is 22.8 Å². The van der Waals surface area contributed by atoms with Crippen molar-refractivity contribution in [1.82, 2.24) is 5.32 Å². The third-order valence-electron chi connectivity index (χ3n) is 4.46. The Bertz CT molecular complexity index is 535. The quantitative estimate of drug-likeness (QED) is 0.732. The molecule has 3 rings (SSSR count). The van der Waals surface area contributed by atoms with Crippen LogP contribution in [0.4, 0.5) is 5.69 Å². The van der Waals surface area contributed by atoms with Gasteiger partial charge in [0.2, 0.25) is 11.8 Å². The molecule has 21 heavy (non-hydrogen) atoms. The molecule has 112 valence electrons. The summed E-state index contributed by atoms with van der Waals surface area (Å²) in [4.78, 5) is 22.8. The van der Waals surface area contributed by atoms with Gasteiger partial charge in [-0.1, -0.05) is 12.1 Å². The molecule has 5 nitrogen and oxygen atoms in total. The van der Waals surface area contributed by atoms with E-state index in [9.17, 15) is 9.59 Å². The normalized spacial score (nSPS) is 28.7. The molecule has 1 heterocycles. The predicted molar refractivity (Wildman–Crippen MR) is 78.8 cm³/mol. The maximum absolute atomic E-state index is 11.7. The van der Waals surface area contributed by atoms with Crippen LogP contribution in [0.5, 0.6) is 0 Å². The van der Waals surface area contributed by atoms with Crippen LogP contribution in [-0.4, -0.2) is 29.6 Å². The maximum Gasteiger partial charge on any atom is 0.249 e. The highest BCUT2D eigenvalue weighted by atomic mass is 16.3. The van der Waals surface area contributed by atoms with Crippen LogP contribution in [0.15, 0.2) is 24.3 Å². The lowest BCUT2D eigenvalue weighted by Crippen LogP contribution is -2.47. The van der Waals surface area contributed by atoms with Gasteiger partial charge < -0.3 is 10.4 Å². The van der Waals surface area contributed by atoms with Crippen LogP contribution >= 0.6 is 0 Å². The first-order chi connectivity index (χ1) is 10.2. The zero-order valence-electron chi connectivity index (χ0n) is 11.8. The summed E-state index contributed by atoms with van der Waals surface area (Å²) in [5.41, 5.74) is 2.18. The van der Waals surface area contributed by atoms with Gasteiger partial charge in [-0.25, -0.2) is 0 Å². The van der Waals surface area contributed by atoms with Gasteiger partial charge in [-0.2, -0.15) is 0 Å². The number of piperidine rings is 1. The number of benzene rings is 1. The molecular formula is C16H20N2O3. The zero-order chi connectivity index (χ0) is 14.8. The van der Waals surface area contributed by atoms with Crippen molar-refractivity contribution in [1.29, 1.82) is 0 Å². The van der Waals surface area contributed by atoms with Gasteiger partial charge in [-0.15, -0.1) is 0 Å². The van der Waals surface area contributed by atoms with Crippen LogP contribution in [0.1, 0.15) is 37.2 Å². The number of carbonyl (C=O) groups is 2. The summed E-state index contributed by atoms with van der Waals surface area (Å²) in [6.45, 7) is 0.283. The van der Waals surface area contributed by atoms with Crippen molar-refractivity contribution in [3.63, 3.8) is 0 Å². The van der Waals surface area contributed by atoms with Crippen LogP contribution in [0, 0.1) is 5.92 Å². The molecule has 1 aromatic carbocycles. The second-order valence-corrected chi connectivity index (χ2v) is 5.99. The molecule has 1 unspecified atom stereocenters. The molecular weight excluding hydrogens is 268 g/mol. The first-order valence-electron chi connectivity index (χ1n) is 7.46.